The number of hydrogen-bond donors (Lipinski definition) is 3. The van der Waals surface area contributed by atoms with Crippen LogP contribution < -0.4 is 25.8 Å². The van der Waals surface area contributed by atoms with Crippen molar-refractivity contribution in [1.82, 2.24) is 5.32 Å². The molecule has 1 atom stereocenters. The third kappa shape index (κ3) is 5.42. The zero-order valence-electron chi connectivity index (χ0n) is 17.6. The Hall–Kier alpha value is -2.91. The van der Waals surface area contributed by atoms with Crippen molar-refractivity contribution in [3.63, 3.8) is 0 Å². The van der Waals surface area contributed by atoms with Gasteiger partial charge < -0.3 is 20.5 Å². The van der Waals surface area contributed by atoms with E-state index in [2.05, 4.69) is 17.6 Å². The molecule has 0 unspecified atom stereocenters. The summed E-state index contributed by atoms with van der Waals surface area (Å²) >= 11 is 6.74. The summed E-state index contributed by atoms with van der Waals surface area (Å²) in [6, 6.07) is 5.32. The van der Waals surface area contributed by atoms with Crippen LogP contribution in [0, 0.1) is 5.92 Å². The van der Waals surface area contributed by atoms with Gasteiger partial charge in [0.2, 0.25) is 5.91 Å². The first-order chi connectivity index (χ1) is 14.8. The topological polar surface area (TPSA) is 103 Å². The molecular weight excluding hydrogens is 434 g/mol. The second-order valence-corrected chi connectivity index (χ2v) is 8.82. The van der Waals surface area contributed by atoms with Gasteiger partial charge in [0, 0.05) is 11.0 Å². The molecule has 164 valence electrons. The summed E-state index contributed by atoms with van der Waals surface area (Å²) in [5, 5.41) is 6.26. The van der Waals surface area contributed by atoms with Gasteiger partial charge >= 0.3 is 0 Å². The second-order valence-electron chi connectivity index (χ2n) is 7.31. The number of anilines is 1. The van der Waals surface area contributed by atoms with Gasteiger partial charge in [-0.25, -0.2) is 0 Å². The number of nitrogens with two attached hydrogens (primary N) is 1. The van der Waals surface area contributed by atoms with Gasteiger partial charge in [0.05, 0.1) is 19.8 Å². The monoisotopic (exact) mass is 459 g/mol. The molecule has 0 saturated carbocycles. The number of carbonyl (C=O) groups is 2. The van der Waals surface area contributed by atoms with Gasteiger partial charge in [0.1, 0.15) is 5.00 Å². The molecule has 1 heterocycles. The molecule has 3 rings (SSSR count). The molecule has 0 radical (unpaired) electrons. The first kappa shape index (κ1) is 22.8. The Balaban J connectivity index is 1.67. The van der Waals surface area contributed by atoms with Crippen LogP contribution in [0.3, 0.4) is 0 Å². The lowest BCUT2D eigenvalue weighted by Crippen LogP contribution is -2.33. The fourth-order valence-electron chi connectivity index (χ4n) is 3.52. The van der Waals surface area contributed by atoms with Gasteiger partial charge in [-0.3, -0.25) is 14.9 Å². The Bertz CT molecular complexity index is 1050. The van der Waals surface area contributed by atoms with E-state index in [1.165, 1.54) is 17.4 Å². The normalized spacial score (nSPS) is 15.3. The minimum atomic E-state index is -0.489. The maximum absolute atomic E-state index is 12.3. The highest BCUT2D eigenvalue weighted by Gasteiger charge is 2.26. The van der Waals surface area contributed by atoms with Crippen LogP contribution in [0.25, 0.3) is 6.08 Å². The van der Waals surface area contributed by atoms with Crippen LogP contribution in [0.4, 0.5) is 5.00 Å². The number of nitrogens with one attached hydrogen (secondary N) is 2. The van der Waals surface area contributed by atoms with Gasteiger partial charge in [-0.05, 0) is 66.7 Å². The lowest BCUT2D eigenvalue weighted by Gasteiger charge is -2.18. The molecule has 0 bridgehead atoms. The number of benzene rings is 1. The highest BCUT2D eigenvalue weighted by molar-refractivity contribution is 7.80. The summed E-state index contributed by atoms with van der Waals surface area (Å²) in [5.41, 5.74) is 7.86. The van der Waals surface area contributed by atoms with Crippen LogP contribution in [0.2, 0.25) is 0 Å². The summed E-state index contributed by atoms with van der Waals surface area (Å²) in [4.78, 5) is 25.5. The van der Waals surface area contributed by atoms with Crippen molar-refractivity contribution < 1.29 is 19.1 Å². The predicted octanol–water partition coefficient (Wildman–Crippen LogP) is 3.52. The first-order valence-electron chi connectivity index (χ1n) is 9.78. The van der Waals surface area contributed by atoms with E-state index in [1.807, 2.05) is 0 Å². The van der Waals surface area contributed by atoms with E-state index in [0.717, 1.165) is 35.3 Å². The largest absolute Gasteiger partial charge is 0.493 e. The fourth-order valence-corrected chi connectivity index (χ4v) is 5.20. The highest BCUT2D eigenvalue weighted by Crippen LogP contribution is 2.39. The number of primary amides is 1. The van der Waals surface area contributed by atoms with E-state index in [9.17, 15) is 9.59 Å². The van der Waals surface area contributed by atoms with Gasteiger partial charge in [-0.15, -0.1) is 11.3 Å². The maximum Gasteiger partial charge on any atom is 0.251 e. The average molecular weight is 460 g/mol. The smallest absolute Gasteiger partial charge is 0.251 e. The number of thiocarbonyl (C=S) groups is 1. The van der Waals surface area contributed by atoms with E-state index < -0.39 is 11.8 Å². The van der Waals surface area contributed by atoms with Crippen molar-refractivity contribution in [3.8, 4) is 11.5 Å². The van der Waals surface area contributed by atoms with Gasteiger partial charge in [0.25, 0.3) is 5.91 Å². The van der Waals surface area contributed by atoms with Crippen molar-refractivity contribution in [2.45, 2.75) is 26.2 Å². The third-order valence-corrected chi connectivity index (χ3v) is 6.43. The standard InChI is InChI=1S/C22H25N3O4S2/c1-12-4-7-14-17(10-12)31-21(19(14)20(23)27)25-22(30)24-18(26)9-6-13-5-8-15(28-2)16(11-13)29-3/h5-6,8-9,11-12H,4,7,10H2,1-3H3,(H2,23,27)(H2,24,25,26,30)/b9-6+/t12-/m0/s1. The van der Waals surface area contributed by atoms with Crippen molar-refractivity contribution in [2.24, 2.45) is 11.7 Å². The molecule has 0 saturated heterocycles. The summed E-state index contributed by atoms with van der Waals surface area (Å²) in [6.45, 7) is 2.19. The summed E-state index contributed by atoms with van der Waals surface area (Å²) in [5.74, 6) is 0.845. The second kappa shape index (κ2) is 9.93. The van der Waals surface area contributed by atoms with Crippen molar-refractivity contribution >= 4 is 51.6 Å². The number of thiophene rings is 1. The molecule has 0 spiro atoms. The number of amides is 2. The summed E-state index contributed by atoms with van der Waals surface area (Å²) in [7, 11) is 3.11. The molecule has 1 aliphatic carbocycles. The predicted molar refractivity (Wildman–Crippen MR) is 127 cm³/mol. The molecule has 4 N–H and O–H groups in total. The van der Waals surface area contributed by atoms with Gasteiger partial charge in [-0.2, -0.15) is 0 Å². The quantitative estimate of drug-likeness (QED) is 0.451. The van der Waals surface area contributed by atoms with Gasteiger partial charge in [0.15, 0.2) is 16.6 Å². The number of hydrogen-bond acceptors (Lipinski definition) is 6. The van der Waals surface area contributed by atoms with Crippen LogP contribution in [0.15, 0.2) is 24.3 Å². The van der Waals surface area contributed by atoms with E-state index >= 15 is 0 Å². The number of fused-ring (bicyclic) bond motifs is 1. The lowest BCUT2D eigenvalue weighted by atomic mass is 9.88. The van der Waals surface area contributed by atoms with Crippen molar-refractivity contribution in [2.75, 3.05) is 19.5 Å². The zero-order chi connectivity index (χ0) is 22.5. The number of methoxy groups -OCH3 is 2. The van der Waals surface area contributed by atoms with Gasteiger partial charge in [-0.1, -0.05) is 13.0 Å². The molecule has 1 aromatic heterocycles. The minimum Gasteiger partial charge on any atom is -0.493 e. The number of rotatable bonds is 6. The third-order valence-electron chi connectivity index (χ3n) is 5.06. The molecule has 7 nitrogen and oxygen atoms in total. The van der Waals surface area contributed by atoms with Crippen molar-refractivity contribution in [3.05, 3.63) is 45.8 Å². The Kier molecular flexibility index (Phi) is 7.29. The minimum absolute atomic E-state index is 0.108. The molecule has 0 aliphatic heterocycles. The maximum atomic E-state index is 12.3. The zero-order valence-corrected chi connectivity index (χ0v) is 19.2. The Morgan fingerprint density at radius 2 is 2.00 bits per heavy atom. The number of carbonyl (C=O) groups excluding carboxylic acids is 2. The Labute approximate surface area is 190 Å². The molecule has 2 aromatic rings. The van der Waals surface area contributed by atoms with Crippen LogP contribution in [0.5, 0.6) is 11.5 Å². The fraction of sp³-hybridized carbons (Fsp3) is 0.318. The van der Waals surface area contributed by atoms with Crippen LogP contribution in [0.1, 0.15) is 39.7 Å². The summed E-state index contributed by atoms with van der Waals surface area (Å²) in [6.07, 6.45) is 5.76. The molecule has 9 heteroatoms. The SMILES string of the molecule is COc1ccc(/C=C/C(=O)NC(=S)Nc2sc3c(c2C(N)=O)CC[C@H](C)C3)cc1OC. The van der Waals surface area contributed by atoms with Crippen LogP contribution >= 0.6 is 23.6 Å². The first-order valence-corrected chi connectivity index (χ1v) is 11.0. The molecule has 31 heavy (non-hydrogen) atoms. The Morgan fingerprint density at radius 1 is 1.26 bits per heavy atom. The molecule has 1 aromatic carbocycles. The molecular formula is C22H25N3O4S2. The molecule has 1 aliphatic rings. The van der Waals surface area contributed by atoms with E-state index in [4.69, 9.17) is 27.4 Å². The highest BCUT2D eigenvalue weighted by atomic mass is 32.1. The van der Waals surface area contributed by atoms with E-state index in [0.29, 0.717) is 28.0 Å². The summed E-state index contributed by atoms with van der Waals surface area (Å²) < 4.78 is 10.5. The Morgan fingerprint density at radius 3 is 2.68 bits per heavy atom. The van der Waals surface area contributed by atoms with E-state index in [1.54, 1.807) is 38.5 Å². The molecule has 0 fully saturated rings. The van der Waals surface area contributed by atoms with Crippen LogP contribution in [-0.4, -0.2) is 31.1 Å². The van der Waals surface area contributed by atoms with E-state index in [-0.39, 0.29) is 5.11 Å². The number of ether oxygens (including phenoxy) is 2. The molecule has 2 amide bonds. The van der Waals surface area contributed by atoms with Crippen LogP contribution in [-0.2, 0) is 17.6 Å². The lowest BCUT2D eigenvalue weighted by molar-refractivity contribution is -0.115. The van der Waals surface area contributed by atoms with Crippen molar-refractivity contribution in [1.29, 1.82) is 0 Å². The average Bonchev–Trinajstić information content (AvgIpc) is 3.08.